The van der Waals surface area contributed by atoms with E-state index in [1.165, 1.54) is 0 Å². The van der Waals surface area contributed by atoms with Crippen LogP contribution in [0.4, 0.5) is 5.82 Å². The van der Waals surface area contributed by atoms with Gasteiger partial charge < -0.3 is 10.1 Å². The topological polar surface area (TPSA) is 76.0 Å². The van der Waals surface area contributed by atoms with Crippen LogP contribution in [0.3, 0.4) is 0 Å². The average molecular weight is 264 g/mol. The van der Waals surface area contributed by atoms with Crippen molar-refractivity contribution in [3.05, 3.63) is 63.7 Å². The number of ketones is 1. The van der Waals surface area contributed by atoms with Gasteiger partial charge in [-0.1, -0.05) is 36.4 Å². The Hall–Kier alpha value is -2.95. The quantitative estimate of drug-likeness (QED) is 0.423. The Morgan fingerprint density at radius 3 is 2.40 bits per heavy atom. The van der Waals surface area contributed by atoms with Gasteiger partial charge in [0.2, 0.25) is 0 Å². The minimum atomic E-state index is -0.439. The maximum atomic E-state index is 12.5. The second-order valence-electron chi connectivity index (χ2n) is 4.71. The van der Waals surface area contributed by atoms with Crippen LogP contribution in [0.1, 0.15) is 15.9 Å². The third-order valence-electron chi connectivity index (χ3n) is 3.67. The van der Waals surface area contributed by atoms with E-state index < -0.39 is 4.92 Å². The van der Waals surface area contributed by atoms with Crippen LogP contribution in [0.25, 0.3) is 22.0 Å². The molecule has 0 spiro atoms. The fourth-order valence-electron chi connectivity index (χ4n) is 2.87. The molecule has 1 heterocycles. The Labute approximate surface area is 113 Å². The number of carbonyl (C=O) groups excluding carboxylic acids is 1. The van der Waals surface area contributed by atoms with Crippen LogP contribution in [0.2, 0.25) is 0 Å². The van der Waals surface area contributed by atoms with Gasteiger partial charge >= 0.3 is 5.82 Å². The summed E-state index contributed by atoms with van der Waals surface area (Å²) in [5.74, 6) is -0.153. The maximum Gasteiger partial charge on any atom is 0.329 e. The van der Waals surface area contributed by atoms with Crippen LogP contribution in [-0.2, 0) is 0 Å². The first-order chi connectivity index (χ1) is 9.68. The monoisotopic (exact) mass is 264 g/mol. The van der Waals surface area contributed by atoms with Gasteiger partial charge in [0.1, 0.15) is 5.52 Å². The number of aromatic amines is 1. The number of hydrogen-bond donors (Lipinski definition) is 1. The molecule has 4 rings (SSSR count). The lowest BCUT2D eigenvalue weighted by atomic mass is 9.85. The highest BCUT2D eigenvalue weighted by atomic mass is 16.6. The number of nitro groups is 1. The van der Waals surface area contributed by atoms with Gasteiger partial charge in [0.25, 0.3) is 0 Å². The van der Waals surface area contributed by atoms with Crippen molar-refractivity contribution in [3.8, 4) is 11.1 Å². The van der Waals surface area contributed by atoms with E-state index in [2.05, 4.69) is 4.98 Å². The Balaban J connectivity index is 2.28. The lowest BCUT2D eigenvalue weighted by Gasteiger charge is -2.14. The maximum absolute atomic E-state index is 12.5. The van der Waals surface area contributed by atoms with Gasteiger partial charge in [0, 0.05) is 22.1 Å². The summed E-state index contributed by atoms with van der Waals surface area (Å²) in [6.07, 6.45) is 0. The molecule has 5 heteroatoms. The fraction of sp³-hybridized carbons (Fsp3) is 0. The molecule has 1 aromatic heterocycles. The first-order valence-corrected chi connectivity index (χ1v) is 6.11. The van der Waals surface area contributed by atoms with Crippen molar-refractivity contribution < 1.29 is 9.72 Å². The molecule has 0 atom stereocenters. The van der Waals surface area contributed by atoms with E-state index in [-0.39, 0.29) is 11.6 Å². The predicted molar refractivity (Wildman–Crippen MR) is 73.8 cm³/mol. The Kier molecular flexibility index (Phi) is 1.93. The van der Waals surface area contributed by atoms with Gasteiger partial charge in [-0.25, -0.2) is 4.98 Å². The summed E-state index contributed by atoms with van der Waals surface area (Å²) in [6.45, 7) is 0. The lowest BCUT2D eigenvalue weighted by molar-refractivity contribution is -0.388. The second-order valence-corrected chi connectivity index (χ2v) is 4.71. The third-order valence-corrected chi connectivity index (χ3v) is 3.67. The van der Waals surface area contributed by atoms with Gasteiger partial charge in [-0.2, -0.15) is 0 Å². The fourth-order valence-corrected chi connectivity index (χ4v) is 2.87. The number of rotatable bonds is 1. The molecular formula is C15H8N2O3. The first-order valence-electron chi connectivity index (χ1n) is 6.11. The number of nitrogens with one attached hydrogen (secondary N) is 1. The minimum absolute atomic E-state index is 0.0626. The predicted octanol–water partition coefficient (Wildman–Crippen LogP) is 3.29. The molecule has 2 aromatic carbocycles. The normalized spacial score (nSPS) is 12.5. The van der Waals surface area contributed by atoms with E-state index in [1.807, 2.05) is 0 Å². The summed E-state index contributed by atoms with van der Waals surface area (Å²) in [4.78, 5) is 26.1. The molecule has 1 N–H and O–H groups in total. The van der Waals surface area contributed by atoms with Crippen molar-refractivity contribution in [2.24, 2.45) is 0 Å². The largest absolute Gasteiger partial charge is 0.358 e. The molecule has 0 fully saturated rings. The molecular weight excluding hydrogens is 256 g/mol. The third kappa shape index (κ3) is 1.19. The van der Waals surface area contributed by atoms with E-state index in [9.17, 15) is 14.9 Å². The van der Waals surface area contributed by atoms with Gasteiger partial charge in [0.05, 0.1) is 5.56 Å². The first kappa shape index (κ1) is 10.9. The number of benzene rings is 2. The lowest BCUT2D eigenvalue weighted by Crippen LogP contribution is -2.08. The van der Waals surface area contributed by atoms with E-state index in [1.54, 1.807) is 42.5 Å². The van der Waals surface area contributed by atoms with Crippen LogP contribution >= 0.6 is 0 Å². The van der Waals surface area contributed by atoms with Crippen LogP contribution < -0.4 is 0 Å². The van der Waals surface area contributed by atoms with Crippen molar-refractivity contribution in [2.75, 3.05) is 0 Å². The Morgan fingerprint density at radius 1 is 0.950 bits per heavy atom. The number of carbonyl (C=O) groups is 1. The average Bonchev–Trinajstić information content (AvgIpc) is 2.85. The zero-order valence-corrected chi connectivity index (χ0v) is 10.2. The molecule has 20 heavy (non-hydrogen) atoms. The van der Waals surface area contributed by atoms with Crippen LogP contribution in [0, 0.1) is 10.1 Å². The summed E-state index contributed by atoms with van der Waals surface area (Å²) in [5.41, 5.74) is 2.77. The van der Waals surface area contributed by atoms with E-state index >= 15 is 0 Å². The summed E-state index contributed by atoms with van der Waals surface area (Å²) in [7, 11) is 0. The zero-order chi connectivity index (χ0) is 13.9. The van der Waals surface area contributed by atoms with Crippen molar-refractivity contribution in [1.29, 1.82) is 0 Å². The standard InChI is InChI=1S/C15H8N2O3/c18-14-9-5-2-1-4-8(9)13-12-10(14)6-3-7-11(12)16-15(13)17(19)20/h1-7,16H. The molecule has 0 saturated carbocycles. The van der Waals surface area contributed by atoms with Crippen LogP contribution in [-0.4, -0.2) is 15.7 Å². The number of nitrogens with zero attached hydrogens (tertiary/aromatic N) is 1. The summed E-state index contributed by atoms with van der Waals surface area (Å²) in [6, 6.07) is 12.2. The van der Waals surface area contributed by atoms with Gasteiger partial charge in [-0.15, -0.1) is 0 Å². The van der Waals surface area contributed by atoms with Crippen molar-refractivity contribution >= 4 is 22.5 Å². The summed E-state index contributed by atoms with van der Waals surface area (Å²) < 4.78 is 0. The highest BCUT2D eigenvalue weighted by Crippen LogP contribution is 2.44. The number of H-pyrrole nitrogens is 1. The van der Waals surface area contributed by atoms with E-state index in [0.717, 1.165) is 0 Å². The molecule has 1 aliphatic carbocycles. The Bertz CT molecular complexity index is 909. The van der Waals surface area contributed by atoms with Crippen molar-refractivity contribution in [1.82, 2.24) is 4.98 Å². The number of fused-ring (bicyclic) bond motifs is 2. The summed E-state index contributed by atoms with van der Waals surface area (Å²) >= 11 is 0. The van der Waals surface area contributed by atoms with Crippen molar-refractivity contribution in [3.63, 3.8) is 0 Å². The van der Waals surface area contributed by atoms with Gasteiger partial charge in [-0.3, -0.25) is 4.79 Å². The number of aromatic nitrogens is 1. The highest BCUT2D eigenvalue weighted by Gasteiger charge is 2.32. The molecule has 3 aromatic rings. The molecule has 96 valence electrons. The second kappa shape index (κ2) is 3.54. The number of hydrogen-bond acceptors (Lipinski definition) is 3. The molecule has 0 radical (unpaired) electrons. The van der Waals surface area contributed by atoms with Crippen LogP contribution in [0.5, 0.6) is 0 Å². The van der Waals surface area contributed by atoms with Crippen molar-refractivity contribution in [2.45, 2.75) is 0 Å². The molecule has 0 bridgehead atoms. The molecule has 0 saturated heterocycles. The smallest absolute Gasteiger partial charge is 0.329 e. The van der Waals surface area contributed by atoms with Crippen LogP contribution in [0.15, 0.2) is 42.5 Å². The zero-order valence-electron chi connectivity index (χ0n) is 10.2. The molecule has 5 nitrogen and oxygen atoms in total. The summed E-state index contributed by atoms with van der Waals surface area (Å²) in [5, 5.41) is 11.9. The Morgan fingerprint density at radius 2 is 1.65 bits per heavy atom. The molecule has 0 unspecified atom stereocenters. The highest BCUT2D eigenvalue weighted by molar-refractivity contribution is 6.26. The SMILES string of the molecule is O=C1c2ccccc2-c2c([N+](=O)[O-])[nH]c3cccc1c23. The minimum Gasteiger partial charge on any atom is -0.358 e. The van der Waals surface area contributed by atoms with E-state index in [0.29, 0.717) is 33.2 Å². The molecule has 1 aliphatic rings. The molecule has 0 amide bonds. The van der Waals surface area contributed by atoms with E-state index in [4.69, 9.17) is 0 Å². The van der Waals surface area contributed by atoms with Gasteiger partial charge in [-0.05, 0) is 11.0 Å². The molecule has 0 aliphatic heterocycles. The van der Waals surface area contributed by atoms with Gasteiger partial charge in [0.15, 0.2) is 5.78 Å².